The molecule has 0 aliphatic carbocycles. The van der Waals surface area contributed by atoms with Crippen molar-refractivity contribution in [2.75, 3.05) is 19.5 Å². The third-order valence-corrected chi connectivity index (χ3v) is 3.83. The summed E-state index contributed by atoms with van der Waals surface area (Å²) in [7, 11) is 2.99. The number of carbonyl (C=O) groups excluding carboxylic acids is 1. The van der Waals surface area contributed by atoms with E-state index in [1.807, 2.05) is 18.2 Å². The number of halogens is 1. The Balaban J connectivity index is 2.48. The summed E-state index contributed by atoms with van der Waals surface area (Å²) in [6, 6.07) is 9.01. The molecule has 114 valence electrons. The highest BCUT2D eigenvalue weighted by Crippen LogP contribution is 2.34. The molecular formula is C16H15BrN2O3. The molecule has 6 heteroatoms. The smallest absolute Gasteiger partial charge is 0.157 e. The normalized spacial score (nSPS) is 9.95. The molecule has 2 aromatic rings. The Labute approximate surface area is 136 Å². The standard InChI is InChI=1S/C16H15BrN2O3/c1-21-15-6-10(7-16(22-2)12(15)9-20)19-14-5-3-4-13(17)11(14)8-18/h3-9,18-19H,1-2H3. The van der Waals surface area contributed by atoms with Crippen molar-refractivity contribution in [2.24, 2.45) is 0 Å². The van der Waals surface area contributed by atoms with Crippen LogP contribution in [0.5, 0.6) is 11.5 Å². The maximum Gasteiger partial charge on any atom is 0.157 e. The van der Waals surface area contributed by atoms with Crippen LogP contribution >= 0.6 is 15.9 Å². The molecule has 0 unspecified atom stereocenters. The summed E-state index contributed by atoms with van der Waals surface area (Å²) in [4.78, 5) is 11.2. The molecule has 0 amide bonds. The van der Waals surface area contributed by atoms with E-state index in [1.54, 1.807) is 12.1 Å². The van der Waals surface area contributed by atoms with Gasteiger partial charge in [0.15, 0.2) is 6.29 Å². The fourth-order valence-corrected chi connectivity index (χ4v) is 2.56. The molecule has 0 saturated carbocycles. The summed E-state index contributed by atoms with van der Waals surface area (Å²) in [6.45, 7) is 0. The lowest BCUT2D eigenvalue weighted by Crippen LogP contribution is -2.00. The predicted octanol–water partition coefficient (Wildman–Crippen LogP) is 4.02. The van der Waals surface area contributed by atoms with Gasteiger partial charge in [-0.3, -0.25) is 4.79 Å². The summed E-state index contributed by atoms with van der Waals surface area (Å²) < 4.78 is 11.3. The molecule has 0 radical (unpaired) electrons. The van der Waals surface area contributed by atoms with E-state index in [0.29, 0.717) is 29.0 Å². The maximum atomic E-state index is 11.2. The zero-order valence-corrected chi connectivity index (χ0v) is 13.7. The van der Waals surface area contributed by atoms with Gasteiger partial charge < -0.3 is 20.2 Å². The van der Waals surface area contributed by atoms with E-state index in [9.17, 15) is 4.79 Å². The third kappa shape index (κ3) is 3.12. The van der Waals surface area contributed by atoms with Crippen molar-refractivity contribution in [2.45, 2.75) is 0 Å². The third-order valence-electron chi connectivity index (χ3n) is 3.14. The molecule has 5 nitrogen and oxygen atoms in total. The summed E-state index contributed by atoms with van der Waals surface area (Å²) in [6.07, 6.45) is 1.96. The summed E-state index contributed by atoms with van der Waals surface area (Å²) in [5.41, 5.74) is 2.53. The van der Waals surface area contributed by atoms with Gasteiger partial charge in [-0.25, -0.2) is 0 Å². The number of rotatable bonds is 6. The summed E-state index contributed by atoms with van der Waals surface area (Å²) in [5, 5.41) is 10.7. The van der Waals surface area contributed by atoms with Crippen molar-refractivity contribution in [1.82, 2.24) is 0 Å². The van der Waals surface area contributed by atoms with E-state index in [2.05, 4.69) is 21.2 Å². The molecule has 0 aromatic heterocycles. The van der Waals surface area contributed by atoms with Gasteiger partial charge in [0.25, 0.3) is 0 Å². The molecule has 0 fully saturated rings. The van der Waals surface area contributed by atoms with Crippen LogP contribution in [-0.2, 0) is 0 Å². The molecule has 0 saturated heterocycles. The Hall–Kier alpha value is -2.34. The molecule has 2 rings (SSSR count). The van der Waals surface area contributed by atoms with E-state index in [1.165, 1.54) is 20.4 Å². The Bertz CT molecular complexity index is 692. The number of nitrogens with one attached hydrogen (secondary N) is 2. The maximum absolute atomic E-state index is 11.2. The first-order chi connectivity index (χ1) is 10.6. The monoisotopic (exact) mass is 362 g/mol. The number of ether oxygens (including phenoxy) is 2. The van der Waals surface area contributed by atoms with Gasteiger partial charge in [-0.15, -0.1) is 0 Å². The topological polar surface area (TPSA) is 71.4 Å². The number of hydrogen-bond acceptors (Lipinski definition) is 5. The fourth-order valence-electron chi connectivity index (χ4n) is 2.08. The molecule has 0 aliphatic heterocycles. The van der Waals surface area contributed by atoms with Crippen molar-refractivity contribution in [3.63, 3.8) is 0 Å². The Morgan fingerprint density at radius 3 is 2.27 bits per heavy atom. The largest absolute Gasteiger partial charge is 0.496 e. The number of benzene rings is 2. The van der Waals surface area contributed by atoms with Gasteiger partial charge in [0.1, 0.15) is 11.5 Å². The minimum atomic E-state index is 0.358. The molecule has 0 aliphatic rings. The van der Waals surface area contributed by atoms with Gasteiger partial charge >= 0.3 is 0 Å². The lowest BCUT2D eigenvalue weighted by atomic mass is 10.1. The lowest BCUT2D eigenvalue weighted by Gasteiger charge is -2.15. The highest BCUT2D eigenvalue weighted by molar-refractivity contribution is 9.10. The molecule has 0 spiro atoms. The minimum Gasteiger partial charge on any atom is -0.496 e. The minimum absolute atomic E-state index is 0.358. The van der Waals surface area contributed by atoms with Crippen LogP contribution in [0.1, 0.15) is 15.9 Å². The zero-order valence-electron chi connectivity index (χ0n) is 12.1. The van der Waals surface area contributed by atoms with E-state index >= 15 is 0 Å². The lowest BCUT2D eigenvalue weighted by molar-refractivity contribution is 0.111. The van der Waals surface area contributed by atoms with Crippen LogP contribution in [0, 0.1) is 5.41 Å². The van der Waals surface area contributed by atoms with Crippen molar-refractivity contribution >= 4 is 39.8 Å². The number of anilines is 2. The van der Waals surface area contributed by atoms with E-state index < -0.39 is 0 Å². The Morgan fingerprint density at radius 2 is 1.77 bits per heavy atom. The highest BCUT2D eigenvalue weighted by Gasteiger charge is 2.13. The summed E-state index contributed by atoms with van der Waals surface area (Å²) >= 11 is 3.41. The number of methoxy groups -OCH3 is 2. The van der Waals surface area contributed by atoms with E-state index in [-0.39, 0.29) is 0 Å². The molecule has 0 heterocycles. The second-order valence-corrected chi connectivity index (χ2v) is 5.24. The van der Waals surface area contributed by atoms with Gasteiger partial charge in [0, 0.05) is 39.8 Å². The quantitative estimate of drug-likeness (QED) is 0.601. The van der Waals surface area contributed by atoms with Gasteiger partial charge in [0.2, 0.25) is 0 Å². The Kier molecular flexibility index (Phi) is 5.16. The molecular weight excluding hydrogens is 348 g/mol. The molecule has 22 heavy (non-hydrogen) atoms. The first-order valence-corrected chi connectivity index (χ1v) is 7.21. The first kappa shape index (κ1) is 16.0. The van der Waals surface area contributed by atoms with Gasteiger partial charge in [-0.2, -0.15) is 0 Å². The second-order valence-electron chi connectivity index (χ2n) is 4.38. The van der Waals surface area contributed by atoms with Crippen LogP contribution in [0.4, 0.5) is 11.4 Å². The Morgan fingerprint density at radius 1 is 1.14 bits per heavy atom. The van der Waals surface area contributed by atoms with Crippen molar-refractivity contribution < 1.29 is 14.3 Å². The van der Waals surface area contributed by atoms with E-state index in [4.69, 9.17) is 14.9 Å². The second kappa shape index (κ2) is 7.09. The summed E-state index contributed by atoms with van der Waals surface area (Å²) in [5.74, 6) is 0.839. The average molecular weight is 363 g/mol. The average Bonchev–Trinajstić information content (AvgIpc) is 2.54. The van der Waals surface area contributed by atoms with Crippen molar-refractivity contribution in [3.8, 4) is 11.5 Å². The van der Waals surface area contributed by atoms with Crippen molar-refractivity contribution in [3.05, 3.63) is 45.9 Å². The van der Waals surface area contributed by atoms with Crippen LogP contribution in [0.3, 0.4) is 0 Å². The van der Waals surface area contributed by atoms with Crippen LogP contribution in [0.25, 0.3) is 0 Å². The van der Waals surface area contributed by atoms with Crippen LogP contribution < -0.4 is 14.8 Å². The first-order valence-electron chi connectivity index (χ1n) is 6.41. The fraction of sp³-hybridized carbons (Fsp3) is 0.125. The van der Waals surface area contributed by atoms with E-state index in [0.717, 1.165) is 15.7 Å². The van der Waals surface area contributed by atoms with Crippen LogP contribution in [0.15, 0.2) is 34.8 Å². The van der Waals surface area contributed by atoms with Crippen molar-refractivity contribution in [1.29, 1.82) is 5.41 Å². The molecule has 2 N–H and O–H groups in total. The van der Waals surface area contributed by atoms with Crippen LogP contribution in [0.2, 0.25) is 0 Å². The van der Waals surface area contributed by atoms with Gasteiger partial charge in [0.05, 0.1) is 19.8 Å². The number of aldehydes is 1. The van der Waals surface area contributed by atoms with Gasteiger partial charge in [-0.05, 0) is 12.1 Å². The van der Waals surface area contributed by atoms with Crippen LogP contribution in [-0.4, -0.2) is 26.7 Å². The molecule has 2 aromatic carbocycles. The SMILES string of the molecule is COc1cc(Nc2cccc(Br)c2C=N)cc(OC)c1C=O. The molecule has 0 atom stereocenters. The molecule has 0 bridgehead atoms. The number of hydrogen-bond donors (Lipinski definition) is 2. The van der Waals surface area contributed by atoms with Gasteiger partial charge in [-0.1, -0.05) is 22.0 Å². The number of carbonyl (C=O) groups is 1. The predicted molar refractivity (Wildman–Crippen MR) is 90.2 cm³/mol. The highest BCUT2D eigenvalue weighted by atomic mass is 79.9. The zero-order chi connectivity index (χ0) is 16.1.